The highest BCUT2D eigenvalue weighted by Gasteiger charge is 2.24. The summed E-state index contributed by atoms with van der Waals surface area (Å²) >= 11 is 0. The molecule has 0 fully saturated rings. The summed E-state index contributed by atoms with van der Waals surface area (Å²) < 4.78 is 10.5. The van der Waals surface area contributed by atoms with Crippen molar-refractivity contribution in [2.24, 2.45) is 0 Å². The van der Waals surface area contributed by atoms with Crippen LogP contribution in [0, 0.1) is 0 Å². The first kappa shape index (κ1) is 19.7. The van der Waals surface area contributed by atoms with Crippen molar-refractivity contribution in [1.82, 2.24) is 9.80 Å². The fraction of sp³-hybridized carbons (Fsp3) is 0.857. The molecule has 0 aromatic rings. The van der Waals surface area contributed by atoms with Crippen LogP contribution in [0.3, 0.4) is 0 Å². The van der Waals surface area contributed by atoms with Gasteiger partial charge in [-0.1, -0.05) is 0 Å². The molecule has 0 aliphatic carbocycles. The maximum absolute atomic E-state index is 12.5. The number of amides is 2. The predicted molar refractivity (Wildman–Crippen MR) is 79.4 cm³/mol. The van der Waals surface area contributed by atoms with Gasteiger partial charge in [0.05, 0.1) is 13.2 Å². The molecule has 1 N–H and O–H groups in total. The van der Waals surface area contributed by atoms with E-state index in [9.17, 15) is 9.59 Å². The molecule has 0 radical (unpaired) electrons. The number of urea groups is 1. The zero-order valence-corrected chi connectivity index (χ0v) is 13.5. The molecule has 0 atom stereocenters. The molecule has 0 unspecified atom stereocenters. The largest absolute Gasteiger partial charge is 0.480 e. The van der Waals surface area contributed by atoms with E-state index in [-0.39, 0.29) is 18.6 Å². The minimum atomic E-state index is -1.02. The summed E-state index contributed by atoms with van der Waals surface area (Å²) in [7, 11) is 0. The van der Waals surface area contributed by atoms with E-state index in [0.717, 1.165) is 0 Å². The molecule has 0 aliphatic rings. The number of carbonyl (C=O) groups excluding carboxylic acids is 1. The second kappa shape index (κ2) is 11.3. The van der Waals surface area contributed by atoms with Crippen LogP contribution in [0.4, 0.5) is 4.79 Å². The van der Waals surface area contributed by atoms with Gasteiger partial charge in [-0.15, -0.1) is 0 Å². The molecule has 0 spiro atoms. The van der Waals surface area contributed by atoms with Crippen LogP contribution >= 0.6 is 0 Å². The first-order valence-corrected chi connectivity index (χ1v) is 7.36. The fourth-order valence-corrected chi connectivity index (χ4v) is 1.74. The third-order valence-corrected chi connectivity index (χ3v) is 2.86. The number of carbonyl (C=O) groups is 2. The lowest BCUT2D eigenvalue weighted by Gasteiger charge is -2.32. The second-order valence-electron chi connectivity index (χ2n) is 4.78. The summed E-state index contributed by atoms with van der Waals surface area (Å²) in [4.78, 5) is 26.3. The highest BCUT2D eigenvalue weighted by atomic mass is 16.5. The van der Waals surface area contributed by atoms with Gasteiger partial charge in [-0.05, 0) is 27.7 Å². The average Bonchev–Trinajstić information content (AvgIpc) is 2.42. The van der Waals surface area contributed by atoms with Crippen molar-refractivity contribution >= 4 is 12.0 Å². The molecular formula is C14H28N2O5. The van der Waals surface area contributed by atoms with Crippen LogP contribution in [0.5, 0.6) is 0 Å². The fourth-order valence-electron chi connectivity index (χ4n) is 1.74. The highest BCUT2D eigenvalue weighted by molar-refractivity contribution is 5.80. The van der Waals surface area contributed by atoms with Crippen LogP contribution in [0.25, 0.3) is 0 Å². The summed E-state index contributed by atoms with van der Waals surface area (Å²) in [6.07, 6.45) is 0. The Bertz CT molecular complexity index is 300. The Morgan fingerprint density at radius 3 is 1.86 bits per heavy atom. The van der Waals surface area contributed by atoms with E-state index in [1.54, 1.807) is 18.7 Å². The molecule has 7 heteroatoms. The molecule has 0 aliphatic heterocycles. The smallest absolute Gasteiger partial charge is 0.323 e. The van der Waals surface area contributed by atoms with Crippen LogP contribution in [-0.2, 0) is 14.3 Å². The van der Waals surface area contributed by atoms with E-state index in [1.165, 1.54) is 4.90 Å². The van der Waals surface area contributed by atoms with Crippen LogP contribution in [0.15, 0.2) is 0 Å². The van der Waals surface area contributed by atoms with Gasteiger partial charge in [-0.3, -0.25) is 4.79 Å². The molecule has 0 saturated carbocycles. The summed E-state index contributed by atoms with van der Waals surface area (Å²) in [6.45, 7) is 9.90. The summed E-state index contributed by atoms with van der Waals surface area (Å²) in [6, 6.07) is -0.484. The lowest BCUT2D eigenvalue weighted by Crippen LogP contribution is -2.50. The van der Waals surface area contributed by atoms with E-state index in [4.69, 9.17) is 14.6 Å². The Kier molecular flexibility index (Phi) is 10.6. The Hall–Kier alpha value is -1.34. The van der Waals surface area contributed by atoms with Gasteiger partial charge < -0.3 is 24.4 Å². The van der Waals surface area contributed by atoms with Crippen LogP contribution in [0.1, 0.15) is 27.7 Å². The second-order valence-corrected chi connectivity index (χ2v) is 4.78. The maximum Gasteiger partial charge on any atom is 0.323 e. The molecule has 21 heavy (non-hydrogen) atoms. The highest BCUT2D eigenvalue weighted by Crippen LogP contribution is 2.05. The molecule has 0 rings (SSSR count). The average molecular weight is 304 g/mol. The molecule has 0 bridgehead atoms. The van der Waals surface area contributed by atoms with E-state index >= 15 is 0 Å². The van der Waals surface area contributed by atoms with Gasteiger partial charge in [0.1, 0.15) is 6.54 Å². The maximum atomic E-state index is 12.5. The zero-order valence-electron chi connectivity index (χ0n) is 13.5. The van der Waals surface area contributed by atoms with Crippen LogP contribution in [-0.4, -0.2) is 79.0 Å². The van der Waals surface area contributed by atoms with Crippen molar-refractivity contribution in [3.8, 4) is 0 Å². The number of carboxylic acids is 1. The zero-order chi connectivity index (χ0) is 16.3. The Balaban J connectivity index is 4.72. The third-order valence-electron chi connectivity index (χ3n) is 2.86. The van der Waals surface area contributed by atoms with Crippen molar-refractivity contribution in [3.05, 3.63) is 0 Å². The molecule has 2 amide bonds. The lowest BCUT2D eigenvalue weighted by atomic mass is 10.3. The third kappa shape index (κ3) is 8.52. The summed E-state index contributed by atoms with van der Waals surface area (Å²) in [5.74, 6) is -1.02. The quantitative estimate of drug-likeness (QED) is 0.582. The Morgan fingerprint density at radius 1 is 1.05 bits per heavy atom. The number of hydrogen-bond acceptors (Lipinski definition) is 4. The van der Waals surface area contributed by atoms with Crippen molar-refractivity contribution in [2.45, 2.75) is 33.7 Å². The Labute approximate surface area is 126 Å². The van der Waals surface area contributed by atoms with Crippen molar-refractivity contribution in [2.75, 3.05) is 46.1 Å². The van der Waals surface area contributed by atoms with Gasteiger partial charge >= 0.3 is 12.0 Å². The molecule has 124 valence electrons. The van der Waals surface area contributed by atoms with Gasteiger partial charge in [-0.25, -0.2) is 4.79 Å². The van der Waals surface area contributed by atoms with Crippen molar-refractivity contribution in [3.63, 3.8) is 0 Å². The van der Waals surface area contributed by atoms with Gasteiger partial charge in [0.15, 0.2) is 0 Å². The van der Waals surface area contributed by atoms with E-state index in [1.807, 2.05) is 13.8 Å². The SMILES string of the molecule is CCOCCN(CCOCC)C(=O)N(CC(=O)O)C(C)C. The predicted octanol–water partition coefficient (Wildman–Crippen LogP) is 1.28. The van der Waals surface area contributed by atoms with Gasteiger partial charge in [-0.2, -0.15) is 0 Å². The number of rotatable bonds is 11. The van der Waals surface area contributed by atoms with Crippen molar-refractivity contribution in [1.29, 1.82) is 0 Å². The summed E-state index contributed by atoms with van der Waals surface area (Å²) in [5.41, 5.74) is 0. The van der Waals surface area contributed by atoms with Crippen LogP contribution < -0.4 is 0 Å². The summed E-state index contributed by atoms with van der Waals surface area (Å²) in [5, 5.41) is 8.93. The molecular weight excluding hydrogens is 276 g/mol. The standard InChI is InChI=1S/C14H28N2O5/c1-5-20-9-7-15(8-10-21-6-2)14(19)16(12(3)4)11-13(17)18/h12H,5-11H2,1-4H3,(H,17,18). The lowest BCUT2D eigenvalue weighted by molar-refractivity contribution is -0.138. The molecule has 0 saturated heterocycles. The molecule has 0 aromatic heterocycles. The minimum absolute atomic E-state index is 0.185. The van der Waals surface area contributed by atoms with E-state index in [0.29, 0.717) is 39.5 Å². The van der Waals surface area contributed by atoms with Gasteiger partial charge in [0.25, 0.3) is 0 Å². The number of carboxylic acid groups (broad SMARTS) is 1. The van der Waals surface area contributed by atoms with Gasteiger partial charge in [0.2, 0.25) is 0 Å². The molecule has 0 heterocycles. The molecule has 0 aromatic carbocycles. The van der Waals surface area contributed by atoms with Crippen LogP contribution in [0.2, 0.25) is 0 Å². The minimum Gasteiger partial charge on any atom is -0.480 e. The number of hydrogen-bond donors (Lipinski definition) is 1. The number of aliphatic carboxylic acids is 1. The first-order valence-electron chi connectivity index (χ1n) is 7.36. The number of nitrogens with zero attached hydrogens (tertiary/aromatic N) is 2. The molecule has 7 nitrogen and oxygen atoms in total. The van der Waals surface area contributed by atoms with E-state index in [2.05, 4.69) is 0 Å². The monoisotopic (exact) mass is 304 g/mol. The first-order chi connectivity index (χ1) is 9.93. The van der Waals surface area contributed by atoms with Gasteiger partial charge in [0, 0.05) is 32.3 Å². The normalized spacial score (nSPS) is 10.7. The van der Waals surface area contributed by atoms with Crippen molar-refractivity contribution < 1.29 is 24.2 Å². The Morgan fingerprint density at radius 2 is 1.52 bits per heavy atom. The topological polar surface area (TPSA) is 79.3 Å². The van der Waals surface area contributed by atoms with E-state index < -0.39 is 5.97 Å². The number of ether oxygens (including phenoxy) is 2.